The fraction of sp³-hybridized carbons (Fsp3) is 0. The van der Waals surface area contributed by atoms with Crippen molar-refractivity contribution in [2.24, 2.45) is 0 Å². The second-order valence-electron chi connectivity index (χ2n) is 17.7. The second-order valence-corrected chi connectivity index (χ2v) is 17.7. The summed E-state index contributed by atoms with van der Waals surface area (Å²) in [7, 11) is 0. The van der Waals surface area contributed by atoms with Crippen LogP contribution in [-0.2, 0) is 0 Å². The molecule has 0 saturated heterocycles. The molecule has 0 aliphatic carbocycles. The molecular formula is C62H38N4. The maximum atomic E-state index is 2.59. The van der Waals surface area contributed by atoms with Crippen LogP contribution in [0, 0.1) is 0 Å². The van der Waals surface area contributed by atoms with Crippen LogP contribution in [0.15, 0.2) is 231 Å². The highest BCUT2D eigenvalue weighted by Crippen LogP contribution is 2.52. The van der Waals surface area contributed by atoms with Crippen molar-refractivity contribution < 1.29 is 0 Å². The van der Waals surface area contributed by atoms with Gasteiger partial charge in [0.25, 0.3) is 0 Å². The number of fused-ring (bicyclic) bond motifs is 14. The Kier molecular flexibility index (Phi) is 7.19. The van der Waals surface area contributed by atoms with Gasteiger partial charge < -0.3 is 18.6 Å². The van der Waals surface area contributed by atoms with Crippen LogP contribution in [0.4, 0.5) is 34.1 Å². The molecule has 0 radical (unpaired) electrons. The third-order valence-electron chi connectivity index (χ3n) is 14.2. The first-order chi connectivity index (χ1) is 32.8. The minimum absolute atomic E-state index is 1.12. The number of aromatic nitrogens is 2. The molecule has 0 amide bonds. The molecule has 4 heterocycles. The molecule has 4 nitrogen and oxygen atoms in total. The van der Waals surface area contributed by atoms with Gasteiger partial charge in [-0.2, -0.15) is 0 Å². The third kappa shape index (κ3) is 4.72. The van der Waals surface area contributed by atoms with E-state index in [1.54, 1.807) is 0 Å². The van der Waals surface area contributed by atoms with Crippen molar-refractivity contribution in [3.8, 4) is 0 Å². The van der Waals surface area contributed by atoms with E-state index >= 15 is 0 Å². The quantitative estimate of drug-likeness (QED) is 0.166. The Morgan fingerprint density at radius 1 is 0.227 bits per heavy atom. The van der Waals surface area contributed by atoms with Gasteiger partial charge in [-0.3, -0.25) is 0 Å². The van der Waals surface area contributed by atoms with Gasteiger partial charge >= 0.3 is 0 Å². The van der Waals surface area contributed by atoms with Gasteiger partial charge in [0.1, 0.15) is 0 Å². The Morgan fingerprint density at radius 2 is 0.530 bits per heavy atom. The lowest BCUT2D eigenvalue weighted by Crippen LogP contribution is -2.11. The van der Waals surface area contributed by atoms with Gasteiger partial charge in [0, 0.05) is 76.6 Å². The maximum absolute atomic E-state index is 2.59. The summed E-state index contributed by atoms with van der Waals surface area (Å²) in [6.07, 6.45) is 0. The summed E-state index contributed by atoms with van der Waals surface area (Å²) in [5.74, 6) is 0. The Bertz CT molecular complexity index is 4020. The van der Waals surface area contributed by atoms with Crippen LogP contribution >= 0.6 is 0 Å². The topological polar surface area (TPSA) is 15.3 Å². The number of para-hydroxylation sites is 6. The number of hydrogen-bond acceptors (Lipinski definition) is 2. The Hall–Kier alpha value is -8.86. The van der Waals surface area contributed by atoms with Crippen molar-refractivity contribution in [3.05, 3.63) is 231 Å². The lowest BCUT2D eigenvalue weighted by atomic mass is 10.00. The van der Waals surface area contributed by atoms with E-state index in [2.05, 4.69) is 249 Å². The van der Waals surface area contributed by atoms with Crippen molar-refractivity contribution in [1.82, 2.24) is 8.80 Å². The summed E-state index contributed by atoms with van der Waals surface area (Å²) >= 11 is 0. The van der Waals surface area contributed by atoms with E-state index in [4.69, 9.17) is 0 Å². The number of benzene rings is 11. The lowest BCUT2D eigenvalue weighted by molar-refractivity contribution is 1.28. The van der Waals surface area contributed by atoms with Gasteiger partial charge in [-0.05, 0) is 83.6 Å². The van der Waals surface area contributed by atoms with Gasteiger partial charge in [-0.1, -0.05) is 158 Å². The maximum Gasteiger partial charge on any atom is 0.0789 e. The standard InChI is InChI=1S/C62H38N4/c1-5-21-41(22-6-1)63(42-23-7-2-8-24-42)59-45-29-15-13-19-39(45)35-53-49-33-17-31-47-51-38-56-52(37-55(51)65(57(47)49)61(53)59)48-32-18-34-50-54-36-40-20-14-16-30-46(40)60(62(54)66(56)58(48)50)64(43-25-9-3-10-26-43)44-27-11-4-12-28-44/h1-38H. The molecule has 306 valence electrons. The average Bonchev–Trinajstić information content (AvgIpc) is 4.10. The zero-order chi connectivity index (χ0) is 43.0. The highest BCUT2D eigenvalue weighted by Gasteiger charge is 2.29. The lowest BCUT2D eigenvalue weighted by Gasteiger charge is -2.28. The van der Waals surface area contributed by atoms with Crippen molar-refractivity contribution in [2.75, 3.05) is 9.80 Å². The van der Waals surface area contributed by atoms with Crippen LogP contribution in [-0.4, -0.2) is 8.80 Å². The van der Waals surface area contributed by atoms with Crippen molar-refractivity contribution in [3.63, 3.8) is 0 Å². The molecule has 0 aliphatic heterocycles. The zero-order valence-corrected chi connectivity index (χ0v) is 35.7. The summed E-state index contributed by atoms with van der Waals surface area (Å²) in [4.78, 5) is 4.93. The first kappa shape index (κ1) is 35.6. The molecule has 0 aliphatic rings. The molecule has 15 aromatic rings. The van der Waals surface area contributed by atoms with E-state index in [1.165, 1.54) is 109 Å². The normalized spacial score (nSPS) is 12.2. The monoisotopic (exact) mass is 838 g/mol. The summed E-state index contributed by atoms with van der Waals surface area (Å²) in [5.41, 5.74) is 14.2. The molecule has 0 atom stereocenters. The van der Waals surface area contributed by atoms with Crippen molar-refractivity contribution in [1.29, 1.82) is 0 Å². The largest absolute Gasteiger partial charge is 0.308 e. The smallest absolute Gasteiger partial charge is 0.0789 e. The zero-order valence-electron chi connectivity index (χ0n) is 35.7. The Morgan fingerprint density at radius 3 is 0.894 bits per heavy atom. The fourth-order valence-corrected chi connectivity index (χ4v) is 11.6. The average molecular weight is 839 g/mol. The molecule has 15 rings (SSSR count). The van der Waals surface area contributed by atoms with E-state index in [-0.39, 0.29) is 0 Å². The first-order valence-corrected chi connectivity index (χ1v) is 22.8. The summed E-state index contributed by atoms with van der Waals surface area (Å²) in [6, 6.07) is 84.8. The van der Waals surface area contributed by atoms with E-state index in [9.17, 15) is 0 Å². The van der Waals surface area contributed by atoms with E-state index < -0.39 is 0 Å². The minimum Gasteiger partial charge on any atom is -0.308 e. The van der Waals surface area contributed by atoms with Gasteiger partial charge in [-0.25, -0.2) is 0 Å². The molecule has 0 unspecified atom stereocenters. The molecule has 0 spiro atoms. The van der Waals surface area contributed by atoms with Crippen LogP contribution in [0.2, 0.25) is 0 Å². The summed E-state index contributed by atoms with van der Waals surface area (Å²) in [5, 5.41) is 14.9. The molecule has 11 aromatic carbocycles. The predicted molar refractivity (Wildman–Crippen MR) is 280 cm³/mol. The fourth-order valence-electron chi connectivity index (χ4n) is 11.6. The highest BCUT2D eigenvalue weighted by atomic mass is 15.2. The van der Waals surface area contributed by atoms with Crippen LogP contribution < -0.4 is 9.80 Å². The minimum atomic E-state index is 1.12. The second kappa shape index (κ2) is 13.3. The molecule has 0 saturated carbocycles. The number of hydrogen-bond donors (Lipinski definition) is 0. The van der Waals surface area contributed by atoms with Gasteiger partial charge in [-0.15, -0.1) is 0 Å². The highest BCUT2D eigenvalue weighted by molar-refractivity contribution is 6.33. The van der Waals surface area contributed by atoms with Crippen LogP contribution in [0.5, 0.6) is 0 Å². The van der Waals surface area contributed by atoms with Gasteiger partial charge in [0.2, 0.25) is 0 Å². The van der Waals surface area contributed by atoms with E-state index in [1.807, 2.05) is 0 Å². The Labute approximate surface area is 379 Å². The molecule has 0 N–H and O–H groups in total. The summed E-state index contributed by atoms with van der Waals surface area (Å²) < 4.78 is 5.18. The van der Waals surface area contributed by atoms with Gasteiger partial charge in [0.05, 0.1) is 44.5 Å². The number of anilines is 6. The molecule has 4 aromatic heterocycles. The Balaban J connectivity index is 1.13. The molecule has 0 fully saturated rings. The number of rotatable bonds is 6. The summed E-state index contributed by atoms with van der Waals surface area (Å²) in [6.45, 7) is 0. The number of nitrogens with zero attached hydrogens (tertiary/aromatic N) is 4. The van der Waals surface area contributed by atoms with Crippen LogP contribution in [0.25, 0.3) is 97.7 Å². The van der Waals surface area contributed by atoms with E-state index in [0.717, 1.165) is 22.7 Å². The third-order valence-corrected chi connectivity index (χ3v) is 14.2. The predicted octanol–water partition coefficient (Wildman–Crippen LogP) is 17.2. The van der Waals surface area contributed by atoms with E-state index in [0.29, 0.717) is 0 Å². The molecular weight excluding hydrogens is 801 g/mol. The van der Waals surface area contributed by atoms with Gasteiger partial charge in [0.15, 0.2) is 0 Å². The molecule has 4 heteroatoms. The SMILES string of the molecule is c1ccc(N(c2ccccc2)c2c3ccccc3cc3c4cccc5c6cc7c(cc6n(c23)c54)c2cccc3c4cc5ccccc5c(N(c5ccccc5)c5ccccc5)c4n7c23)cc1. The van der Waals surface area contributed by atoms with Crippen molar-refractivity contribution in [2.45, 2.75) is 0 Å². The van der Waals surface area contributed by atoms with Crippen LogP contribution in [0.1, 0.15) is 0 Å². The molecule has 66 heavy (non-hydrogen) atoms. The first-order valence-electron chi connectivity index (χ1n) is 22.8. The van der Waals surface area contributed by atoms with Crippen molar-refractivity contribution >= 4 is 132 Å². The molecule has 0 bridgehead atoms. The van der Waals surface area contributed by atoms with Crippen LogP contribution in [0.3, 0.4) is 0 Å².